The molecule has 0 aliphatic heterocycles. The summed E-state index contributed by atoms with van der Waals surface area (Å²) in [4.78, 5) is 23.8. The molecule has 0 radical (unpaired) electrons. The average Bonchev–Trinajstić information content (AvgIpc) is 1.63. The molecule has 16 bridgehead atoms. The number of carboxylic acid groups (broad SMARTS) is 2. The maximum atomic E-state index is 11.9. The SMILES string of the molecule is O=C(O)c1ccc(Oc2ccc(C3(c4ccc(Oc5ccc(C(=O)O)cc5)cc4)c4cc(C56CC7CC(CC(C7)C5)C6)c(C56CC7CC(CC(C7)C5)C6)cc4-c4cc(C56CC7CC(CC(C7)C5)C6)c(C56CC7CC(CC(C7)C5)C6)cc43)cc2)cc1. The number of benzene rings is 6. The monoisotopic (exact) mass is 1130 g/mol. The molecule has 17 aliphatic carbocycles. The molecule has 17 aliphatic rings. The van der Waals surface area contributed by atoms with Gasteiger partial charge in [0.05, 0.1) is 16.5 Å². The zero-order valence-corrected chi connectivity index (χ0v) is 49.5. The van der Waals surface area contributed by atoms with Crippen LogP contribution in [0.1, 0.15) is 219 Å². The van der Waals surface area contributed by atoms with E-state index in [1.807, 2.05) is 0 Å². The van der Waals surface area contributed by atoms with Crippen molar-refractivity contribution in [3.05, 3.63) is 177 Å². The topological polar surface area (TPSA) is 93.1 Å². The molecule has 0 saturated heterocycles. The quantitative estimate of drug-likeness (QED) is 0.127. The van der Waals surface area contributed by atoms with Crippen LogP contribution in [-0.2, 0) is 27.1 Å². The highest BCUT2D eigenvalue weighted by Crippen LogP contribution is 2.71. The molecule has 0 aromatic heterocycles. The summed E-state index contributed by atoms with van der Waals surface area (Å²) in [5.74, 6) is 10.9. The number of carboxylic acids is 2. The lowest BCUT2D eigenvalue weighted by molar-refractivity contribution is -0.0174. The lowest BCUT2D eigenvalue weighted by atomic mass is 9.44. The first-order valence-electron chi connectivity index (χ1n) is 34.0. The van der Waals surface area contributed by atoms with Crippen molar-refractivity contribution in [2.75, 3.05) is 0 Å². The van der Waals surface area contributed by atoms with Crippen molar-refractivity contribution in [3.63, 3.8) is 0 Å². The molecule has 6 nitrogen and oxygen atoms in total. The summed E-state index contributed by atoms with van der Waals surface area (Å²) in [5, 5.41) is 19.5. The first kappa shape index (κ1) is 51.0. The van der Waals surface area contributed by atoms with Crippen LogP contribution in [0.4, 0.5) is 0 Å². The maximum absolute atomic E-state index is 11.9. The fourth-order valence-electron chi connectivity index (χ4n) is 25.9. The number of rotatable bonds is 12. The molecule has 16 saturated carbocycles. The third-order valence-electron chi connectivity index (χ3n) is 27.1. The summed E-state index contributed by atoms with van der Waals surface area (Å²) in [6.45, 7) is 0. The minimum Gasteiger partial charge on any atom is -0.478 e. The summed E-state index contributed by atoms with van der Waals surface area (Å²) < 4.78 is 13.3. The Labute approximate surface area is 501 Å². The average molecular weight is 1130 g/mol. The summed E-state index contributed by atoms with van der Waals surface area (Å²) in [6, 6.07) is 43.8. The molecular formula is C79H82O6. The molecule has 23 rings (SSSR count). The van der Waals surface area contributed by atoms with Crippen molar-refractivity contribution in [1.29, 1.82) is 0 Å². The minimum absolute atomic E-state index is 0.194. The van der Waals surface area contributed by atoms with E-state index in [2.05, 4.69) is 72.8 Å². The number of aromatic carboxylic acids is 2. The normalized spacial score (nSPS) is 38.2. The number of ether oxygens (including phenoxy) is 2. The van der Waals surface area contributed by atoms with E-state index < -0.39 is 17.4 Å². The van der Waals surface area contributed by atoms with Crippen molar-refractivity contribution >= 4 is 11.9 Å². The smallest absolute Gasteiger partial charge is 0.335 e. The first-order chi connectivity index (χ1) is 41.3. The van der Waals surface area contributed by atoms with Gasteiger partial charge in [0.15, 0.2) is 0 Å². The lowest BCUT2D eigenvalue weighted by Crippen LogP contribution is -2.52. The molecule has 6 aromatic carbocycles. The standard InChI is InChI=1S/C79H82O6/c80-73(81)57-1-9-61(10-2-57)84-63-13-5-59(6-14-63)79(60-7-15-64(16-8-60)85-62-11-3-58(4-12-62)74(82)83)67-31-71(77-39-51-23-52(40-77)25-53(24-51)41-77)69(75-33-45-17-46(34-75)19-47(18-45)35-75)29-65(67)66-30-70(76-36-48-20-49(37-76)22-50(21-48)38-76)72(32-68(66)79)78-42-54-26-55(43-78)28-56(27-54)44-78/h1-16,29-32,45-56H,17-28,33-44H2,(H,80,81)(H,82,83). The van der Waals surface area contributed by atoms with Gasteiger partial charge in [0, 0.05) is 0 Å². The Morgan fingerprint density at radius 3 is 0.729 bits per heavy atom. The second-order valence-electron chi connectivity index (χ2n) is 32.3. The predicted molar refractivity (Wildman–Crippen MR) is 330 cm³/mol. The molecule has 16 fully saturated rings. The van der Waals surface area contributed by atoms with Gasteiger partial charge in [-0.2, -0.15) is 0 Å². The molecule has 85 heavy (non-hydrogen) atoms. The first-order valence-corrected chi connectivity index (χ1v) is 34.0. The van der Waals surface area contributed by atoms with Crippen molar-refractivity contribution in [2.24, 2.45) is 71.0 Å². The van der Waals surface area contributed by atoms with Crippen LogP contribution in [-0.4, -0.2) is 22.2 Å². The van der Waals surface area contributed by atoms with E-state index in [0.717, 1.165) is 82.5 Å². The largest absolute Gasteiger partial charge is 0.478 e. The second kappa shape index (κ2) is 18.0. The van der Waals surface area contributed by atoms with Crippen LogP contribution >= 0.6 is 0 Å². The van der Waals surface area contributed by atoms with E-state index in [0.29, 0.717) is 11.5 Å². The second-order valence-corrected chi connectivity index (χ2v) is 32.3. The molecule has 6 aromatic rings. The molecule has 0 heterocycles. The van der Waals surface area contributed by atoms with E-state index in [-0.39, 0.29) is 32.8 Å². The lowest BCUT2D eigenvalue weighted by Gasteiger charge is -2.61. The Balaban J connectivity index is 0.881. The number of hydrogen-bond donors (Lipinski definition) is 2. The van der Waals surface area contributed by atoms with Crippen LogP contribution in [0, 0.1) is 71.0 Å². The van der Waals surface area contributed by atoms with Crippen LogP contribution in [0.2, 0.25) is 0 Å². The molecular weight excluding hydrogens is 1040 g/mol. The Morgan fingerprint density at radius 2 is 0.506 bits per heavy atom. The van der Waals surface area contributed by atoms with E-state index in [1.54, 1.807) is 70.8 Å². The summed E-state index contributed by atoms with van der Waals surface area (Å²) in [5.41, 5.74) is 16.3. The van der Waals surface area contributed by atoms with Crippen LogP contribution in [0.5, 0.6) is 23.0 Å². The zero-order valence-electron chi connectivity index (χ0n) is 49.5. The van der Waals surface area contributed by atoms with Crippen molar-refractivity contribution in [1.82, 2.24) is 0 Å². The third kappa shape index (κ3) is 7.66. The van der Waals surface area contributed by atoms with Crippen LogP contribution < -0.4 is 9.47 Å². The van der Waals surface area contributed by atoms with Crippen LogP contribution in [0.25, 0.3) is 11.1 Å². The molecule has 434 valence electrons. The van der Waals surface area contributed by atoms with E-state index >= 15 is 0 Å². The molecule has 0 atom stereocenters. The molecule has 0 amide bonds. The third-order valence-corrected chi connectivity index (χ3v) is 27.1. The van der Waals surface area contributed by atoms with Crippen LogP contribution in [0.15, 0.2) is 121 Å². The van der Waals surface area contributed by atoms with E-state index in [9.17, 15) is 19.8 Å². The van der Waals surface area contributed by atoms with Gasteiger partial charge in [-0.3, -0.25) is 0 Å². The Kier molecular flexibility index (Phi) is 10.8. The van der Waals surface area contributed by atoms with Crippen molar-refractivity contribution in [2.45, 2.75) is 181 Å². The molecule has 2 N–H and O–H groups in total. The number of fused-ring (bicyclic) bond motifs is 3. The Morgan fingerprint density at radius 1 is 0.294 bits per heavy atom. The predicted octanol–water partition coefficient (Wildman–Crippen LogP) is 18.9. The molecule has 6 heteroatoms. The highest BCUT2D eigenvalue weighted by atomic mass is 16.5. The fraction of sp³-hybridized carbons (Fsp3) is 0.519. The van der Waals surface area contributed by atoms with Crippen LogP contribution in [0.3, 0.4) is 0 Å². The van der Waals surface area contributed by atoms with E-state index in [4.69, 9.17) is 9.47 Å². The van der Waals surface area contributed by atoms with Gasteiger partial charge >= 0.3 is 11.9 Å². The Hall–Kier alpha value is -6.14. The fourth-order valence-corrected chi connectivity index (χ4v) is 25.9. The van der Waals surface area contributed by atoms with Crippen molar-refractivity contribution in [3.8, 4) is 34.1 Å². The highest BCUT2D eigenvalue weighted by Gasteiger charge is 2.61. The van der Waals surface area contributed by atoms with E-state index in [1.165, 1.54) is 187 Å². The number of carbonyl (C=O) groups is 2. The summed E-state index contributed by atoms with van der Waals surface area (Å²) in [6.07, 6.45) is 33.6. The van der Waals surface area contributed by atoms with Gasteiger partial charge in [-0.15, -0.1) is 0 Å². The van der Waals surface area contributed by atoms with Gasteiger partial charge < -0.3 is 19.7 Å². The maximum Gasteiger partial charge on any atom is 0.335 e. The van der Waals surface area contributed by atoms with Crippen molar-refractivity contribution < 1.29 is 29.3 Å². The van der Waals surface area contributed by atoms with Gasteiger partial charge in [-0.25, -0.2) is 9.59 Å². The summed E-state index contributed by atoms with van der Waals surface area (Å²) in [7, 11) is 0. The highest BCUT2D eigenvalue weighted by molar-refractivity contribution is 5.90. The van der Waals surface area contributed by atoms with Gasteiger partial charge in [0.25, 0.3) is 0 Å². The number of hydrogen-bond acceptors (Lipinski definition) is 4. The molecule has 0 unspecified atom stereocenters. The van der Waals surface area contributed by atoms with Gasteiger partial charge in [-0.1, -0.05) is 36.4 Å². The zero-order chi connectivity index (χ0) is 56.3. The minimum atomic E-state index is -0.944. The summed E-state index contributed by atoms with van der Waals surface area (Å²) >= 11 is 0. The van der Waals surface area contributed by atoms with Gasteiger partial charge in [0.1, 0.15) is 23.0 Å². The van der Waals surface area contributed by atoms with Gasteiger partial charge in [-0.05, 0) is 387 Å². The molecule has 0 spiro atoms. The Bertz CT molecular complexity index is 3360. The van der Waals surface area contributed by atoms with Gasteiger partial charge in [0.2, 0.25) is 0 Å².